The van der Waals surface area contributed by atoms with Crippen LogP contribution in [0.3, 0.4) is 0 Å². The molecule has 0 aromatic carbocycles. The SMILES string of the molecule is CN/N=C(/c1cc(C)cn1C(=O)OC)C1CC2(CC(NC(=O)OC(C)(C)C)C2)C1. The number of alkyl carbamates (subject to hydrolysis) is 1. The van der Waals surface area contributed by atoms with Crippen molar-refractivity contribution in [2.24, 2.45) is 16.4 Å². The van der Waals surface area contributed by atoms with E-state index in [1.807, 2.05) is 33.8 Å². The fourth-order valence-electron chi connectivity index (χ4n) is 4.59. The number of carbonyl (C=O) groups excluding carboxylic acids is 2. The van der Waals surface area contributed by atoms with Gasteiger partial charge in [0, 0.05) is 25.2 Å². The molecule has 2 aliphatic rings. The first-order valence-corrected chi connectivity index (χ1v) is 10.1. The maximum absolute atomic E-state index is 12.1. The Morgan fingerprint density at radius 1 is 1.24 bits per heavy atom. The van der Waals surface area contributed by atoms with E-state index in [9.17, 15) is 9.59 Å². The van der Waals surface area contributed by atoms with Gasteiger partial charge in [-0.3, -0.25) is 4.57 Å². The Balaban J connectivity index is 1.61. The standard InChI is InChI=1S/C21H32N4O4/c1-13-7-16(25(12-13)19(27)28-6)17(24-22-5)14-8-21(9-14)10-15(11-21)23-18(26)29-20(2,3)4/h7,12,14-15,22H,8-11H2,1-6H3,(H,23,26)/b24-17+. The third kappa shape index (κ3) is 4.57. The number of aryl methyl sites for hydroxylation is 1. The predicted molar refractivity (Wildman–Crippen MR) is 110 cm³/mol. The highest BCUT2D eigenvalue weighted by Gasteiger charge is 2.55. The number of nitrogens with zero attached hydrogens (tertiary/aromatic N) is 2. The minimum absolute atomic E-state index is 0.164. The number of rotatable bonds is 4. The van der Waals surface area contributed by atoms with Gasteiger partial charge in [-0.2, -0.15) is 5.10 Å². The van der Waals surface area contributed by atoms with Crippen LogP contribution in [0.1, 0.15) is 57.7 Å². The second-order valence-corrected chi connectivity index (χ2v) is 9.32. The van der Waals surface area contributed by atoms with Crippen LogP contribution >= 0.6 is 0 Å². The van der Waals surface area contributed by atoms with E-state index in [1.165, 1.54) is 11.7 Å². The first-order valence-electron chi connectivity index (χ1n) is 10.1. The lowest BCUT2D eigenvalue weighted by Crippen LogP contribution is -2.58. The Bertz CT molecular complexity index is 807. The Kier molecular flexibility index (Phi) is 5.65. The minimum atomic E-state index is -0.488. The van der Waals surface area contributed by atoms with E-state index in [0.29, 0.717) is 0 Å². The summed E-state index contributed by atoms with van der Waals surface area (Å²) in [7, 11) is 3.14. The van der Waals surface area contributed by atoms with E-state index >= 15 is 0 Å². The molecule has 0 saturated heterocycles. The Hall–Kier alpha value is -2.51. The maximum Gasteiger partial charge on any atom is 0.418 e. The van der Waals surface area contributed by atoms with Crippen molar-refractivity contribution in [2.75, 3.05) is 14.2 Å². The molecule has 29 heavy (non-hydrogen) atoms. The van der Waals surface area contributed by atoms with Gasteiger partial charge in [-0.1, -0.05) is 0 Å². The average molecular weight is 405 g/mol. The number of amides is 1. The smallest absolute Gasteiger partial charge is 0.418 e. The van der Waals surface area contributed by atoms with Gasteiger partial charge in [-0.25, -0.2) is 9.59 Å². The molecular formula is C21H32N4O4. The summed E-state index contributed by atoms with van der Waals surface area (Å²) in [5.74, 6) is 0.266. The summed E-state index contributed by atoms with van der Waals surface area (Å²) in [6.45, 7) is 7.53. The summed E-state index contributed by atoms with van der Waals surface area (Å²) in [6, 6.07) is 2.13. The number of aromatic nitrogens is 1. The molecule has 1 aromatic rings. The largest absolute Gasteiger partial charge is 0.452 e. The lowest BCUT2D eigenvalue weighted by atomic mass is 9.49. The highest BCUT2D eigenvalue weighted by atomic mass is 16.6. The van der Waals surface area contributed by atoms with Gasteiger partial charge in [0.1, 0.15) is 5.60 Å². The number of carbonyl (C=O) groups is 2. The molecule has 1 aromatic heterocycles. The predicted octanol–water partition coefficient (Wildman–Crippen LogP) is 3.42. The summed E-state index contributed by atoms with van der Waals surface area (Å²) in [5, 5.41) is 7.45. The molecule has 1 heterocycles. The van der Waals surface area contributed by atoms with Crippen LogP contribution in [0.5, 0.6) is 0 Å². The van der Waals surface area contributed by atoms with Crippen LogP contribution in [0.25, 0.3) is 0 Å². The van der Waals surface area contributed by atoms with Gasteiger partial charge >= 0.3 is 12.2 Å². The van der Waals surface area contributed by atoms with Crippen molar-refractivity contribution in [1.82, 2.24) is 15.3 Å². The van der Waals surface area contributed by atoms with Gasteiger partial charge in [-0.15, -0.1) is 0 Å². The summed E-state index contributed by atoms with van der Waals surface area (Å²) >= 11 is 0. The third-order valence-electron chi connectivity index (χ3n) is 5.65. The molecule has 8 heteroatoms. The Morgan fingerprint density at radius 3 is 2.45 bits per heavy atom. The van der Waals surface area contributed by atoms with Gasteiger partial charge in [0.2, 0.25) is 0 Å². The van der Waals surface area contributed by atoms with Crippen LogP contribution in [0.15, 0.2) is 17.4 Å². The zero-order valence-electron chi connectivity index (χ0n) is 18.2. The monoisotopic (exact) mass is 404 g/mol. The fourth-order valence-corrected chi connectivity index (χ4v) is 4.59. The Labute approximate surface area is 172 Å². The molecule has 160 valence electrons. The molecule has 2 saturated carbocycles. The first-order chi connectivity index (χ1) is 13.6. The highest BCUT2D eigenvalue weighted by Crippen LogP contribution is 2.59. The van der Waals surface area contributed by atoms with Crippen molar-refractivity contribution in [3.8, 4) is 0 Å². The van der Waals surface area contributed by atoms with Gasteiger partial charge in [-0.05, 0) is 70.4 Å². The van der Waals surface area contributed by atoms with Crippen LogP contribution in [-0.2, 0) is 9.47 Å². The van der Waals surface area contributed by atoms with Crippen LogP contribution in [0.4, 0.5) is 9.59 Å². The first kappa shape index (κ1) is 21.2. The molecule has 0 aliphatic heterocycles. The number of nitrogens with one attached hydrogen (secondary N) is 2. The second-order valence-electron chi connectivity index (χ2n) is 9.32. The third-order valence-corrected chi connectivity index (χ3v) is 5.65. The van der Waals surface area contributed by atoms with Crippen molar-refractivity contribution in [3.63, 3.8) is 0 Å². The zero-order valence-corrected chi connectivity index (χ0v) is 18.2. The highest BCUT2D eigenvalue weighted by molar-refractivity contribution is 6.04. The number of ether oxygens (including phenoxy) is 2. The van der Waals surface area contributed by atoms with Crippen LogP contribution in [0, 0.1) is 18.3 Å². The van der Waals surface area contributed by atoms with E-state index in [2.05, 4.69) is 15.8 Å². The second kappa shape index (κ2) is 7.72. The summed E-state index contributed by atoms with van der Waals surface area (Å²) in [6.07, 6.45) is 4.88. The topological polar surface area (TPSA) is 94.0 Å². The van der Waals surface area contributed by atoms with Crippen molar-refractivity contribution < 1.29 is 19.1 Å². The average Bonchev–Trinajstić information content (AvgIpc) is 2.93. The van der Waals surface area contributed by atoms with Crippen molar-refractivity contribution in [1.29, 1.82) is 0 Å². The molecule has 3 rings (SSSR count). The Morgan fingerprint density at radius 2 is 1.90 bits per heavy atom. The van der Waals surface area contributed by atoms with Crippen molar-refractivity contribution in [2.45, 2.75) is 65.0 Å². The summed E-state index contributed by atoms with van der Waals surface area (Å²) in [4.78, 5) is 24.1. The van der Waals surface area contributed by atoms with Crippen LogP contribution in [0.2, 0.25) is 0 Å². The minimum Gasteiger partial charge on any atom is -0.452 e. The van der Waals surface area contributed by atoms with E-state index < -0.39 is 11.7 Å². The fraction of sp³-hybridized carbons (Fsp3) is 0.667. The molecule has 1 spiro atoms. The van der Waals surface area contributed by atoms with Crippen molar-refractivity contribution >= 4 is 17.9 Å². The molecule has 0 bridgehead atoms. The molecule has 2 fully saturated rings. The molecular weight excluding hydrogens is 372 g/mol. The molecule has 0 unspecified atom stereocenters. The van der Waals surface area contributed by atoms with Gasteiger partial charge in [0.15, 0.2) is 0 Å². The van der Waals surface area contributed by atoms with E-state index in [0.717, 1.165) is 42.7 Å². The number of hydrogen-bond acceptors (Lipinski definition) is 6. The number of hydrazone groups is 1. The molecule has 8 nitrogen and oxygen atoms in total. The molecule has 1 amide bonds. The van der Waals surface area contributed by atoms with E-state index in [1.54, 1.807) is 13.2 Å². The number of methoxy groups -OCH3 is 1. The van der Waals surface area contributed by atoms with Crippen LogP contribution < -0.4 is 10.7 Å². The normalized spacial score (nSPS) is 26.3. The van der Waals surface area contributed by atoms with Crippen LogP contribution in [-0.4, -0.2) is 48.3 Å². The lowest BCUT2D eigenvalue weighted by Gasteiger charge is -2.57. The van der Waals surface area contributed by atoms with E-state index in [-0.39, 0.29) is 23.5 Å². The molecule has 0 atom stereocenters. The molecule has 2 aliphatic carbocycles. The molecule has 0 radical (unpaired) electrons. The van der Waals surface area contributed by atoms with Gasteiger partial charge in [0.25, 0.3) is 0 Å². The van der Waals surface area contributed by atoms with Crippen molar-refractivity contribution in [3.05, 3.63) is 23.5 Å². The van der Waals surface area contributed by atoms with Gasteiger partial charge < -0.3 is 20.2 Å². The quantitative estimate of drug-likeness (QED) is 0.592. The summed E-state index contributed by atoms with van der Waals surface area (Å²) in [5.41, 5.74) is 5.26. The lowest BCUT2D eigenvalue weighted by molar-refractivity contribution is -0.0294. The van der Waals surface area contributed by atoms with E-state index in [4.69, 9.17) is 9.47 Å². The zero-order chi connectivity index (χ0) is 21.4. The maximum atomic E-state index is 12.1. The summed E-state index contributed by atoms with van der Waals surface area (Å²) < 4.78 is 11.8. The molecule has 2 N–H and O–H groups in total. The number of hydrogen-bond donors (Lipinski definition) is 2. The van der Waals surface area contributed by atoms with Gasteiger partial charge in [0.05, 0.1) is 18.5 Å².